The quantitative estimate of drug-likeness (QED) is 0.217. The molecule has 2 aliphatic heterocycles. The van der Waals surface area contributed by atoms with E-state index in [9.17, 15) is 10.1 Å². The summed E-state index contributed by atoms with van der Waals surface area (Å²) in [6.07, 6.45) is 0.307. The molecule has 0 amide bonds. The largest absolute Gasteiger partial charge is 0.462 e. The molecule has 0 aliphatic carbocycles. The summed E-state index contributed by atoms with van der Waals surface area (Å²) in [5, 5.41) is 14.1. The summed E-state index contributed by atoms with van der Waals surface area (Å²) < 4.78 is 26.3. The number of ether oxygens (including phenoxy) is 5. The first kappa shape index (κ1) is 32.1. The molecule has 2 fully saturated rings. The predicted octanol–water partition coefficient (Wildman–Crippen LogP) is 1.70. The number of nitrogens with one attached hydrogen (secondary N) is 1. The molecule has 230 valence electrons. The summed E-state index contributed by atoms with van der Waals surface area (Å²) in [7, 11) is 1.62. The van der Waals surface area contributed by atoms with Crippen molar-refractivity contribution in [3.8, 4) is 6.07 Å². The first-order chi connectivity index (χ1) is 20.7. The number of hydrazine groups is 1. The second-order valence-corrected chi connectivity index (χ2v) is 10.5. The number of morpholine rings is 1. The van der Waals surface area contributed by atoms with Crippen LogP contribution in [0.15, 0.2) is 36.4 Å². The number of anilines is 1. The number of hydrogen-bond acceptors (Lipinski definition) is 11. The van der Waals surface area contributed by atoms with E-state index in [0.717, 1.165) is 81.9 Å². The zero-order chi connectivity index (χ0) is 29.4. The number of carbonyl (C=O) groups excluding carboxylic acids is 1. The van der Waals surface area contributed by atoms with E-state index in [-0.39, 0.29) is 13.2 Å². The minimum absolute atomic E-state index is 0.105. The Morgan fingerprint density at radius 2 is 1.62 bits per heavy atom. The number of rotatable bonds is 17. The molecule has 4 rings (SSSR count). The van der Waals surface area contributed by atoms with Gasteiger partial charge in [-0.15, -0.1) is 0 Å². The molecule has 2 saturated heterocycles. The van der Waals surface area contributed by atoms with Crippen molar-refractivity contribution in [2.45, 2.75) is 6.42 Å². The molecule has 0 saturated carbocycles. The standard InChI is InChI=1S/C31H45N5O6/c1-38-16-17-40-18-19-41-20-21-42-31(37)29(25-32)23-26-2-3-28-24-30(5-4-27(28)22-26)35-8-10-36(11-9-35)33-6-7-34-12-14-39-15-13-34/h2-5,22,24,29,33H,6-21,23H2,1H3. The normalized spacial score (nSPS) is 17.3. The lowest BCUT2D eigenvalue weighted by molar-refractivity contribution is -0.148. The second-order valence-electron chi connectivity index (χ2n) is 10.5. The highest BCUT2D eigenvalue weighted by molar-refractivity contribution is 5.87. The third-order valence-electron chi connectivity index (χ3n) is 7.56. The second kappa shape index (κ2) is 18.0. The van der Waals surface area contributed by atoms with Gasteiger partial charge in [-0.05, 0) is 34.9 Å². The van der Waals surface area contributed by atoms with Crippen molar-refractivity contribution in [3.05, 3.63) is 42.0 Å². The molecule has 11 nitrogen and oxygen atoms in total. The molecule has 0 aromatic heterocycles. The van der Waals surface area contributed by atoms with Crippen LogP contribution in [0.1, 0.15) is 5.56 Å². The Hall–Kier alpha value is -2.82. The van der Waals surface area contributed by atoms with Crippen LogP contribution in [0.2, 0.25) is 0 Å². The van der Waals surface area contributed by atoms with Crippen LogP contribution in [0.5, 0.6) is 0 Å². The maximum atomic E-state index is 12.5. The average Bonchev–Trinajstić information content (AvgIpc) is 3.03. The Morgan fingerprint density at radius 3 is 2.36 bits per heavy atom. The molecular weight excluding hydrogens is 538 g/mol. The molecule has 2 aromatic rings. The van der Waals surface area contributed by atoms with Crippen molar-refractivity contribution < 1.29 is 28.5 Å². The van der Waals surface area contributed by atoms with Gasteiger partial charge in [0.05, 0.1) is 52.3 Å². The zero-order valence-electron chi connectivity index (χ0n) is 24.8. The fraction of sp³-hybridized carbons (Fsp3) is 0.613. The van der Waals surface area contributed by atoms with Gasteiger partial charge in [0, 0.05) is 65.2 Å². The van der Waals surface area contributed by atoms with E-state index < -0.39 is 11.9 Å². The Labute approximate surface area is 249 Å². The first-order valence-corrected chi connectivity index (χ1v) is 14.9. The fourth-order valence-corrected chi connectivity index (χ4v) is 5.10. The lowest BCUT2D eigenvalue weighted by Crippen LogP contribution is -2.53. The maximum absolute atomic E-state index is 12.5. The molecule has 2 heterocycles. The van der Waals surface area contributed by atoms with E-state index in [0.29, 0.717) is 32.8 Å². The van der Waals surface area contributed by atoms with Gasteiger partial charge >= 0.3 is 5.97 Å². The van der Waals surface area contributed by atoms with Crippen LogP contribution >= 0.6 is 0 Å². The maximum Gasteiger partial charge on any atom is 0.323 e. The van der Waals surface area contributed by atoms with Crippen molar-refractivity contribution in [1.82, 2.24) is 15.3 Å². The highest BCUT2D eigenvalue weighted by Gasteiger charge is 2.21. The molecule has 2 aliphatic rings. The average molecular weight is 584 g/mol. The van der Waals surface area contributed by atoms with Crippen molar-refractivity contribution in [1.29, 1.82) is 5.26 Å². The van der Waals surface area contributed by atoms with Gasteiger partial charge in [0.1, 0.15) is 12.5 Å². The summed E-state index contributed by atoms with van der Waals surface area (Å²) in [4.78, 5) is 17.3. The van der Waals surface area contributed by atoms with Crippen molar-refractivity contribution >= 4 is 22.4 Å². The molecule has 11 heteroatoms. The number of nitrogens with zero attached hydrogens (tertiary/aromatic N) is 4. The first-order valence-electron chi connectivity index (χ1n) is 14.9. The van der Waals surface area contributed by atoms with Crippen molar-refractivity contribution in [3.63, 3.8) is 0 Å². The van der Waals surface area contributed by atoms with E-state index >= 15 is 0 Å². The number of methoxy groups -OCH3 is 1. The van der Waals surface area contributed by atoms with Crippen LogP contribution < -0.4 is 10.3 Å². The van der Waals surface area contributed by atoms with Gasteiger partial charge in [0.2, 0.25) is 0 Å². The lowest BCUT2D eigenvalue weighted by atomic mass is 9.98. The third-order valence-corrected chi connectivity index (χ3v) is 7.56. The number of piperazine rings is 1. The van der Waals surface area contributed by atoms with Crippen LogP contribution in [-0.4, -0.2) is 128 Å². The van der Waals surface area contributed by atoms with Crippen LogP contribution in [0.3, 0.4) is 0 Å². The Balaban J connectivity index is 1.17. The summed E-state index contributed by atoms with van der Waals surface area (Å²) in [6, 6.07) is 14.7. The number of benzene rings is 2. The van der Waals surface area contributed by atoms with Gasteiger partial charge in [0.15, 0.2) is 0 Å². The Bertz CT molecular complexity index is 1130. The highest BCUT2D eigenvalue weighted by Crippen LogP contribution is 2.25. The van der Waals surface area contributed by atoms with Gasteiger partial charge in [-0.25, -0.2) is 5.01 Å². The highest BCUT2D eigenvalue weighted by atomic mass is 16.6. The summed E-state index contributed by atoms with van der Waals surface area (Å²) in [5.74, 6) is -1.39. The minimum atomic E-state index is -0.863. The molecule has 0 bridgehead atoms. The number of carbonyl (C=O) groups is 1. The Morgan fingerprint density at radius 1 is 0.929 bits per heavy atom. The van der Waals surface area contributed by atoms with Crippen molar-refractivity contribution in [2.75, 3.05) is 117 Å². The van der Waals surface area contributed by atoms with Crippen molar-refractivity contribution in [2.24, 2.45) is 5.92 Å². The number of esters is 1. The lowest BCUT2D eigenvalue weighted by Gasteiger charge is -2.37. The van der Waals surface area contributed by atoms with Gasteiger partial charge in [-0.2, -0.15) is 5.26 Å². The van der Waals surface area contributed by atoms with Crippen LogP contribution in [-0.2, 0) is 34.9 Å². The molecule has 0 spiro atoms. The van der Waals surface area contributed by atoms with Gasteiger partial charge in [0.25, 0.3) is 0 Å². The zero-order valence-corrected chi connectivity index (χ0v) is 24.8. The van der Waals surface area contributed by atoms with E-state index in [1.54, 1.807) is 7.11 Å². The monoisotopic (exact) mass is 583 g/mol. The minimum Gasteiger partial charge on any atom is -0.462 e. The predicted molar refractivity (Wildman–Crippen MR) is 160 cm³/mol. The Kier molecular flexibility index (Phi) is 13.7. The molecule has 42 heavy (non-hydrogen) atoms. The smallest absolute Gasteiger partial charge is 0.323 e. The number of fused-ring (bicyclic) bond motifs is 1. The van der Waals surface area contributed by atoms with E-state index in [2.05, 4.69) is 56.6 Å². The number of hydrogen-bond donors (Lipinski definition) is 1. The van der Waals surface area contributed by atoms with Gasteiger partial charge < -0.3 is 28.6 Å². The topological polar surface area (TPSA) is 109 Å². The third kappa shape index (κ3) is 10.5. The molecule has 0 radical (unpaired) electrons. The van der Waals surface area contributed by atoms with Gasteiger partial charge in [-0.3, -0.25) is 15.1 Å². The summed E-state index contributed by atoms with van der Waals surface area (Å²) in [6.45, 7) is 11.9. The molecular formula is C31H45N5O6. The van der Waals surface area contributed by atoms with Crippen LogP contribution in [0.25, 0.3) is 10.8 Å². The van der Waals surface area contributed by atoms with Crippen LogP contribution in [0.4, 0.5) is 5.69 Å². The summed E-state index contributed by atoms with van der Waals surface area (Å²) >= 11 is 0. The SMILES string of the molecule is COCCOCCOCCOC(=O)C(C#N)Cc1ccc2cc(N3CCN(NCCN4CCOCC4)CC3)ccc2c1. The molecule has 2 aromatic carbocycles. The summed E-state index contributed by atoms with van der Waals surface area (Å²) in [5.41, 5.74) is 5.73. The molecule has 1 unspecified atom stereocenters. The number of nitriles is 1. The van der Waals surface area contributed by atoms with Gasteiger partial charge in [-0.1, -0.05) is 24.3 Å². The van der Waals surface area contributed by atoms with E-state index in [1.165, 1.54) is 5.69 Å². The van der Waals surface area contributed by atoms with E-state index in [4.69, 9.17) is 23.7 Å². The molecule has 1 N–H and O–H groups in total. The van der Waals surface area contributed by atoms with E-state index in [1.807, 2.05) is 6.07 Å². The van der Waals surface area contributed by atoms with Crippen LogP contribution in [0, 0.1) is 17.2 Å². The fourth-order valence-electron chi connectivity index (χ4n) is 5.10. The molecule has 1 atom stereocenters.